The number of carbonyl (C=O) groups is 1. The van der Waals surface area contributed by atoms with Crippen molar-refractivity contribution in [2.75, 3.05) is 25.0 Å². The third-order valence-electron chi connectivity index (χ3n) is 5.81. The van der Waals surface area contributed by atoms with Gasteiger partial charge in [-0.2, -0.15) is 5.26 Å². The van der Waals surface area contributed by atoms with Gasteiger partial charge in [0.2, 0.25) is 5.96 Å². The maximum Gasteiger partial charge on any atom is 0.322 e. The second-order valence-electron chi connectivity index (χ2n) is 8.08. The molecule has 1 fully saturated rings. The first-order chi connectivity index (χ1) is 17.0. The summed E-state index contributed by atoms with van der Waals surface area (Å²) in [7, 11) is 0. The minimum absolute atomic E-state index is 0.270. The van der Waals surface area contributed by atoms with Gasteiger partial charge in [-0.1, -0.05) is 71.7 Å². The molecule has 7 nitrogen and oxygen atoms in total. The number of hydrogen-bond donors (Lipinski definition) is 2. The number of aryl methyl sites for hydroxylation is 1. The Morgan fingerprint density at radius 1 is 1.06 bits per heavy atom. The summed E-state index contributed by atoms with van der Waals surface area (Å²) < 4.78 is 0. The summed E-state index contributed by atoms with van der Waals surface area (Å²) in [6, 6.07) is 21.9. The van der Waals surface area contributed by atoms with Crippen LogP contribution in [0.2, 0.25) is 10.0 Å². The van der Waals surface area contributed by atoms with Crippen LogP contribution in [0.25, 0.3) is 0 Å². The molecule has 1 heterocycles. The lowest BCUT2D eigenvalue weighted by Gasteiger charge is -2.42. The number of rotatable bonds is 3. The molecule has 4 rings (SSSR count). The molecule has 0 radical (unpaired) electrons. The number of para-hydroxylation sites is 1. The van der Waals surface area contributed by atoms with E-state index in [4.69, 9.17) is 28.2 Å². The number of halogens is 2. The monoisotopic (exact) mass is 506 g/mol. The SMILES string of the molecule is Cc1ccccc1N=C(NC#N)N1CCN(C(=O)Nc2ccc(Cl)cc2Cl)C(c2ccccc2)C1. The lowest BCUT2D eigenvalue weighted by molar-refractivity contribution is 0.135. The van der Waals surface area contributed by atoms with E-state index in [9.17, 15) is 10.1 Å². The summed E-state index contributed by atoms with van der Waals surface area (Å²) in [5, 5.41) is 15.9. The smallest absolute Gasteiger partial charge is 0.322 e. The number of guanidine groups is 1. The average molecular weight is 507 g/mol. The number of anilines is 1. The Morgan fingerprint density at radius 2 is 1.80 bits per heavy atom. The largest absolute Gasteiger partial charge is 0.338 e. The quantitative estimate of drug-likeness (QED) is 0.199. The van der Waals surface area contributed by atoms with Crippen LogP contribution in [-0.4, -0.2) is 41.4 Å². The number of nitrogens with one attached hydrogen (secondary N) is 2. The average Bonchev–Trinajstić information content (AvgIpc) is 2.87. The summed E-state index contributed by atoms with van der Waals surface area (Å²) in [4.78, 5) is 21.8. The van der Waals surface area contributed by atoms with Crippen LogP contribution < -0.4 is 10.6 Å². The fraction of sp³-hybridized carbons (Fsp3) is 0.192. The van der Waals surface area contributed by atoms with Crippen LogP contribution in [0.1, 0.15) is 17.2 Å². The molecular formula is C26H24Cl2N6O. The van der Waals surface area contributed by atoms with Crippen LogP contribution in [-0.2, 0) is 0 Å². The second-order valence-corrected chi connectivity index (χ2v) is 8.92. The number of hydrogen-bond acceptors (Lipinski definition) is 3. The number of piperazine rings is 1. The topological polar surface area (TPSA) is 83.8 Å². The van der Waals surface area contributed by atoms with Gasteiger partial charge in [0.25, 0.3) is 0 Å². The Kier molecular flexibility index (Phi) is 7.76. The number of benzene rings is 3. The Bertz CT molecular complexity index is 1270. The molecule has 2 N–H and O–H groups in total. The lowest BCUT2D eigenvalue weighted by Crippen LogP contribution is -2.55. The number of nitriles is 1. The molecule has 35 heavy (non-hydrogen) atoms. The fourth-order valence-corrected chi connectivity index (χ4v) is 4.44. The minimum atomic E-state index is -0.279. The highest BCUT2D eigenvalue weighted by Gasteiger charge is 2.33. The summed E-state index contributed by atoms with van der Waals surface area (Å²) >= 11 is 12.3. The van der Waals surface area contributed by atoms with E-state index in [0.717, 1.165) is 16.8 Å². The van der Waals surface area contributed by atoms with Gasteiger partial charge in [-0.3, -0.25) is 5.32 Å². The molecule has 3 aromatic carbocycles. The van der Waals surface area contributed by atoms with Crippen LogP contribution in [0.3, 0.4) is 0 Å². The third-order valence-corrected chi connectivity index (χ3v) is 6.36. The number of carbonyl (C=O) groups excluding carboxylic acids is 1. The Hall–Kier alpha value is -3.73. The van der Waals surface area contributed by atoms with Gasteiger partial charge in [0, 0.05) is 24.7 Å². The van der Waals surface area contributed by atoms with Gasteiger partial charge >= 0.3 is 6.03 Å². The van der Waals surface area contributed by atoms with Gasteiger partial charge in [-0.25, -0.2) is 9.79 Å². The zero-order chi connectivity index (χ0) is 24.8. The Morgan fingerprint density at radius 3 is 2.51 bits per heavy atom. The highest BCUT2D eigenvalue weighted by atomic mass is 35.5. The van der Waals surface area contributed by atoms with Crippen molar-refractivity contribution < 1.29 is 4.79 Å². The van der Waals surface area contributed by atoms with Gasteiger partial charge in [0.15, 0.2) is 6.19 Å². The first kappa shape index (κ1) is 24.4. The maximum absolute atomic E-state index is 13.3. The van der Waals surface area contributed by atoms with Crippen LogP contribution in [0.15, 0.2) is 77.8 Å². The molecule has 178 valence electrons. The molecule has 0 aliphatic carbocycles. The predicted molar refractivity (Wildman–Crippen MR) is 140 cm³/mol. The molecular weight excluding hydrogens is 483 g/mol. The summed E-state index contributed by atoms with van der Waals surface area (Å²) in [5.41, 5.74) is 3.24. The zero-order valence-electron chi connectivity index (χ0n) is 19.1. The van der Waals surface area contributed by atoms with E-state index in [1.807, 2.05) is 72.6 Å². The number of amides is 2. The molecule has 0 saturated carbocycles. The summed E-state index contributed by atoms with van der Waals surface area (Å²) in [5.74, 6) is 0.448. The second kappa shape index (κ2) is 11.1. The molecule has 0 aromatic heterocycles. The molecule has 1 aliphatic rings. The van der Waals surface area contributed by atoms with Crippen molar-refractivity contribution in [2.45, 2.75) is 13.0 Å². The van der Waals surface area contributed by atoms with E-state index in [2.05, 4.69) is 10.6 Å². The minimum Gasteiger partial charge on any atom is -0.338 e. The van der Waals surface area contributed by atoms with E-state index >= 15 is 0 Å². The molecule has 1 unspecified atom stereocenters. The Labute approximate surface area is 214 Å². The van der Waals surface area contributed by atoms with Crippen molar-refractivity contribution in [1.82, 2.24) is 15.1 Å². The standard InChI is InChI=1S/C26H24Cl2N6O/c1-18-7-5-6-10-22(18)31-25(30-17-29)33-13-14-34(24(16-33)19-8-3-2-4-9-19)26(35)32-23-12-11-20(27)15-21(23)28/h2-12,15,24H,13-14,16H2,1H3,(H,30,31)(H,32,35). The number of nitrogens with zero attached hydrogens (tertiary/aromatic N) is 4. The molecule has 0 bridgehead atoms. The van der Waals surface area contributed by atoms with Crippen LogP contribution in [0.4, 0.5) is 16.2 Å². The number of aliphatic imine (C=N–C) groups is 1. The highest BCUT2D eigenvalue weighted by molar-refractivity contribution is 6.36. The van der Waals surface area contributed by atoms with Gasteiger partial charge in [-0.05, 0) is 42.3 Å². The van der Waals surface area contributed by atoms with Gasteiger partial charge < -0.3 is 15.1 Å². The van der Waals surface area contributed by atoms with E-state index in [0.29, 0.717) is 41.3 Å². The van der Waals surface area contributed by atoms with Crippen molar-refractivity contribution in [1.29, 1.82) is 5.26 Å². The van der Waals surface area contributed by atoms with Crippen molar-refractivity contribution in [3.63, 3.8) is 0 Å². The van der Waals surface area contributed by atoms with Crippen LogP contribution >= 0.6 is 23.2 Å². The Balaban J connectivity index is 1.62. The summed E-state index contributed by atoms with van der Waals surface area (Å²) in [6.45, 7) is 3.33. The fourth-order valence-electron chi connectivity index (χ4n) is 3.99. The lowest BCUT2D eigenvalue weighted by atomic mass is 10.0. The summed E-state index contributed by atoms with van der Waals surface area (Å²) in [6.07, 6.45) is 2.00. The highest BCUT2D eigenvalue weighted by Crippen LogP contribution is 2.30. The first-order valence-electron chi connectivity index (χ1n) is 11.1. The predicted octanol–water partition coefficient (Wildman–Crippen LogP) is 5.95. The number of urea groups is 1. The van der Waals surface area contributed by atoms with Crippen molar-refractivity contribution in [3.8, 4) is 6.19 Å². The molecule has 9 heteroatoms. The van der Waals surface area contributed by atoms with Crippen LogP contribution in [0.5, 0.6) is 0 Å². The third kappa shape index (κ3) is 5.86. The molecule has 3 aromatic rings. The van der Waals surface area contributed by atoms with Crippen molar-refractivity contribution in [3.05, 3.63) is 94.0 Å². The van der Waals surface area contributed by atoms with E-state index in [1.54, 1.807) is 23.1 Å². The van der Waals surface area contributed by atoms with Crippen molar-refractivity contribution in [2.24, 2.45) is 4.99 Å². The normalized spacial score (nSPS) is 15.9. The van der Waals surface area contributed by atoms with Gasteiger partial charge in [0.1, 0.15) is 0 Å². The zero-order valence-corrected chi connectivity index (χ0v) is 20.6. The van der Waals surface area contributed by atoms with Crippen molar-refractivity contribution >= 4 is 46.6 Å². The van der Waals surface area contributed by atoms with E-state index in [1.165, 1.54) is 0 Å². The maximum atomic E-state index is 13.3. The van der Waals surface area contributed by atoms with Gasteiger partial charge in [0.05, 0.1) is 22.4 Å². The molecule has 1 atom stereocenters. The van der Waals surface area contributed by atoms with E-state index in [-0.39, 0.29) is 12.1 Å². The van der Waals surface area contributed by atoms with Gasteiger partial charge in [-0.15, -0.1) is 0 Å². The molecule has 1 aliphatic heterocycles. The van der Waals surface area contributed by atoms with Crippen LogP contribution in [0, 0.1) is 18.4 Å². The molecule has 1 saturated heterocycles. The first-order valence-corrected chi connectivity index (χ1v) is 11.8. The van der Waals surface area contributed by atoms with E-state index < -0.39 is 0 Å². The molecule has 0 spiro atoms. The molecule has 2 amide bonds.